The molecule has 0 aliphatic carbocycles. The van der Waals surface area contributed by atoms with E-state index in [2.05, 4.69) is 10.3 Å². The van der Waals surface area contributed by atoms with Crippen molar-refractivity contribution in [2.24, 2.45) is 16.6 Å². The zero-order chi connectivity index (χ0) is 16.8. The van der Waals surface area contributed by atoms with Gasteiger partial charge in [0.2, 0.25) is 0 Å². The molecule has 1 aromatic rings. The second-order valence-corrected chi connectivity index (χ2v) is 5.49. The van der Waals surface area contributed by atoms with E-state index in [9.17, 15) is 13.2 Å². The largest absolute Gasteiger partial charge is 0.484 e. The first-order chi connectivity index (χ1) is 10.2. The average Bonchev–Trinajstić information content (AvgIpc) is 2.41. The third-order valence-electron chi connectivity index (χ3n) is 2.73. The van der Waals surface area contributed by atoms with Crippen LogP contribution in [0.5, 0.6) is 5.75 Å². The molecule has 0 aromatic heterocycles. The molecule has 0 saturated carbocycles. The minimum Gasteiger partial charge on any atom is -0.484 e. The second kappa shape index (κ2) is 7.91. The number of aryl methyl sites for hydroxylation is 1. The predicted molar refractivity (Wildman–Crippen MR) is 80.9 cm³/mol. The van der Waals surface area contributed by atoms with Crippen LogP contribution < -0.4 is 15.8 Å². The highest BCUT2D eigenvalue weighted by Crippen LogP contribution is 2.24. The molecule has 4 nitrogen and oxygen atoms in total. The van der Waals surface area contributed by atoms with Crippen LogP contribution in [-0.4, -0.2) is 25.3 Å². The van der Waals surface area contributed by atoms with E-state index in [0.29, 0.717) is 18.0 Å². The van der Waals surface area contributed by atoms with E-state index in [0.717, 1.165) is 5.56 Å². The van der Waals surface area contributed by atoms with Gasteiger partial charge in [0.15, 0.2) is 12.6 Å². The van der Waals surface area contributed by atoms with Gasteiger partial charge in [-0.3, -0.25) is 0 Å². The molecule has 124 valence electrons. The number of nitrogens with two attached hydrogens (primary N) is 1. The van der Waals surface area contributed by atoms with Crippen molar-refractivity contribution < 1.29 is 17.9 Å². The summed E-state index contributed by atoms with van der Waals surface area (Å²) in [5.41, 5.74) is 7.09. The summed E-state index contributed by atoms with van der Waals surface area (Å²) in [6.07, 6.45) is -4.37. The van der Waals surface area contributed by atoms with Crippen molar-refractivity contribution in [2.45, 2.75) is 33.5 Å². The number of guanidine groups is 1. The van der Waals surface area contributed by atoms with Gasteiger partial charge in [0.25, 0.3) is 0 Å². The van der Waals surface area contributed by atoms with Gasteiger partial charge in [-0.2, -0.15) is 13.2 Å². The highest BCUT2D eigenvalue weighted by Gasteiger charge is 2.28. The first kappa shape index (κ1) is 18.1. The van der Waals surface area contributed by atoms with Crippen LogP contribution in [-0.2, 0) is 6.54 Å². The molecule has 0 aliphatic heterocycles. The Balaban J connectivity index is 2.75. The van der Waals surface area contributed by atoms with Crippen LogP contribution >= 0.6 is 0 Å². The predicted octanol–water partition coefficient (Wildman–Crippen LogP) is 3.00. The summed E-state index contributed by atoms with van der Waals surface area (Å²) in [6.45, 7) is 5.36. The quantitative estimate of drug-likeness (QED) is 0.626. The molecule has 0 unspecified atom stereocenters. The highest BCUT2D eigenvalue weighted by molar-refractivity contribution is 5.77. The van der Waals surface area contributed by atoms with E-state index in [4.69, 9.17) is 10.5 Å². The molecule has 0 spiro atoms. The van der Waals surface area contributed by atoms with Gasteiger partial charge < -0.3 is 15.8 Å². The maximum Gasteiger partial charge on any atom is 0.422 e. The number of halogens is 3. The van der Waals surface area contributed by atoms with Crippen molar-refractivity contribution in [3.8, 4) is 5.75 Å². The van der Waals surface area contributed by atoms with Crippen molar-refractivity contribution >= 4 is 5.96 Å². The third-order valence-corrected chi connectivity index (χ3v) is 2.73. The normalized spacial score (nSPS) is 12.6. The van der Waals surface area contributed by atoms with Crippen molar-refractivity contribution in [3.63, 3.8) is 0 Å². The number of alkyl halides is 3. The fourth-order valence-corrected chi connectivity index (χ4v) is 1.62. The van der Waals surface area contributed by atoms with Crippen LogP contribution in [0.1, 0.15) is 25.0 Å². The zero-order valence-corrected chi connectivity index (χ0v) is 13.0. The summed E-state index contributed by atoms with van der Waals surface area (Å²) in [6, 6.07) is 5.05. The summed E-state index contributed by atoms with van der Waals surface area (Å²) in [7, 11) is 0. The molecule has 0 fully saturated rings. The Morgan fingerprint density at radius 3 is 2.64 bits per heavy atom. The van der Waals surface area contributed by atoms with E-state index < -0.39 is 12.8 Å². The number of rotatable bonds is 6. The Kier molecular flexibility index (Phi) is 6.52. The van der Waals surface area contributed by atoms with E-state index in [1.165, 1.54) is 0 Å². The van der Waals surface area contributed by atoms with Crippen molar-refractivity contribution in [3.05, 3.63) is 29.3 Å². The number of aliphatic imine (C=N–C) groups is 1. The molecule has 7 heteroatoms. The standard InChI is InChI=1S/C15H22F3N3O/c1-10(2)7-20-14(19)21-8-12-5-4-11(3)6-13(12)22-9-15(16,17)18/h4-6,10H,7-9H2,1-3H3,(H3,19,20,21). The Morgan fingerprint density at radius 1 is 1.36 bits per heavy atom. The van der Waals surface area contributed by atoms with Gasteiger partial charge in [-0.15, -0.1) is 0 Å². The smallest absolute Gasteiger partial charge is 0.422 e. The molecule has 0 amide bonds. The average molecular weight is 317 g/mol. The topological polar surface area (TPSA) is 59.6 Å². The first-order valence-electron chi connectivity index (χ1n) is 7.00. The summed E-state index contributed by atoms with van der Waals surface area (Å²) < 4.78 is 41.7. The molecule has 0 saturated heterocycles. The maximum atomic E-state index is 12.3. The number of nitrogens with zero attached hydrogens (tertiary/aromatic N) is 1. The molecule has 0 radical (unpaired) electrons. The summed E-state index contributed by atoms with van der Waals surface area (Å²) in [5.74, 6) is 0.854. The van der Waals surface area contributed by atoms with Crippen LogP contribution in [0.25, 0.3) is 0 Å². The number of ether oxygens (including phenoxy) is 1. The number of hydrogen-bond acceptors (Lipinski definition) is 2. The molecule has 1 rings (SSSR count). The lowest BCUT2D eigenvalue weighted by Crippen LogP contribution is -2.34. The zero-order valence-electron chi connectivity index (χ0n) is 13.0. The van der Waals surface area contributed by atoms with Crippen LogP contribution in [0.2, 0.25) is 0 Å². The third kappa shape index (κ3) is 7.19. The van der Waals surface area contributed by atoms with Crippen LogP contribution in [0.15, 0.2) is 23.2 Å². The Bertz CT molecular complexity index is 513. The highest BCUT2D eigenvalue weighted by atomic mass is 19.4. The Morgan fingerprint density at radius 2 is 2.05 bits per heavy atom. The Labute approximate surface area is 128 Å². The monoisotopic (exact) mass is 317 g/mol. The number of hydrogen-bond donors (Lipinski definition) is 2. The maximum absolute atomic E-state index is 12.3. The summed E-state index contributed by atoms with van der Waals surface area (Å²) in [4.78, 5) is 4.12. The van der Waals surface area contributed by atoms with Gasteiger partial charge in [-0.1, -0.05) is 26.0 Å². The van der Waals surface area contributed by atoms with E-state index in [-0.39, 0.29) is 18.3 Å². The summed E-state index contributed by atoms with van der Waals surface area (Å²) in [5, 5.41) is 2.95. The molecule has 1 aromatic carbocycles. The van der Waals surface area contributed by atoms with Crippen LogP contribution in [0.3, 0.4) is 0 Å². The lowest BCUT2D eigenvalue weighted by molar-refractivity contribution is -0.153. The molecular weight excluding hydrogens is 295 g/mol. The van der Waals surface area contributed by atoms with Gasteiger partial charge >= 0.3 is 6.18 Å². The van der Waals surface area contributed by atoms with Crippen LogP contribution in [0, 0.1) is 12.8 Å². The lowest BCUT2D eigenvalue weighted by atomic mass is 10.1. The first-order valence-corrected chi connectivity index (χ1v) is 7.00. The minimum absolute atomic E-state index is 0.157. The van der Waals surface area contributed by atoms with Gasteiger partial charge in [-0.05, 0) is 24.5 Å². The lowest BCUT2D eigenvalue weighted by Gasteiger charge is -2.13. The van der Waals surface area contributed by atoms with Crippen molar-refractivity contribution in [1.82, 2.24) is 5.32 Å². The van der Waals surface area contributed by atoms with Gasteiger partial charge in [0.05, 0.1) is 6.54 Å². The fraction of sp³-hybridized carbons (Fsp3) is 0.533. The van der Waals surface area contributed by atoms with Crippen LogP contribution in [0.4, 0.5) is 13.2 Å². The molecule has 0 bridgehead atoms. The second-order valence-electron chi connectivity index (χ2n) is 5.49. The van der Waals surface area contributed by atoms with Gasteiger partial charge in [0.1, 0.15) is 5.75 Å². The molecule has 3 N–H and O–H groups in total. The minimum atomic E-state index is -4.37. The molecule has 0 atom stereocenters. The molecule has 0 heterocycles. The number of benzene rings is 1. The van der Waals surface area contributed by atoms with Gasteiger partial charge in [0, 0.05) is 12.1 Å². The van der Waals surface area contributed by atoms with E-state index in [1.807, 2.05) is 13.8 Å². The van der Waals surface area contributed by atoms with Gasteiger partial charge in [-0.25, -0.2) is 4.99 Å². The van der Waals surface area contributed by atoms with E-state index in [1.54, 1.807) is 25.1 Å². The fourth-order valence-electron chi connectivity index (χ4n) is 1.62. The van der Waals surface area contributed by atoms with Crippen molar-refractivity contribution in [1.29, 1.82) is 0 Å². The molecule has 22 heavy (non-hydrogen) atoms. The van der Waals surface area contributed by atoms with E-state index >= 15 is 0 Å². The summed E-state index contributed by atoms with van der Waals surface area (Å²) >= 11 is 0. The number of nitrogens with one attached hydrogen (secondary N) is 1. The molecule has 0 aliphatic rings. The molecular formula is C15H22F3N3O. The Hall–Kier alpha value is -1.92. The SMILES string of the molecule is Cc1ccc(CN=C(N)NCC(C)C)c(OCC(F)(F)F)c1. The van der Waals surface area contributed by atoms with Crippen molar-refractivity contribution in [2.75, 3.05) is 13.2 Å².